The number of piperazine rings is 1. The molecule has 0 radical (unpaired) electrons. The summed E-state index contributed by atoms with van der Waals surface area (Å²) in [6, 6.07) is 9.51. The van der Waals surface area contributed by atoms with Gasteiger partial charge in [0.1, 0.15) is 0 Å². The normalized spacial score (nSPS) is 21.1. The molecule has 0 bridgehead atoms. The van der Waals surface area contributed by atoms with E-state index < -0.39 is 0 Å². The molecule has 1 aromatic carbocycles. The van der Waals surface area contributed by atoms with Crippen LogP contribution in [0, 0.1) is 0 Å². The van der Waals surface area contributed by atoms with Crippen LogP contribution in [0.2, 0.25) is 0 Å². The summed E-state index contributed by atoms with van der Waals surface area (Å²) < 4.78 is 10.4. The van der Waals surface area contributed by atoms with Crippen molar-refractivity contribution in [1.82, 2.24) is 10.2 Å². The van der Waals surface area contributed by atoms with Gasteiger partial charge in [-0.3, -0.25) is 19.3 Å². The van der Waals surface area contributed by atoms with Crippen molar-refractivity contribution in [1.29, 1.82) is 0 Å². The second-order valence-corrected chi connectivity index (χ2v) is 8.29. The zero-order valence-electron chi connectivity index (χ0n) is 19.3. The number of ether oxygens (including phenoxy) is 2. The molecule has 1 heterocycles. The molecule has 3 rings (SSSR count). The van der Waals surface area contributed by atoms with Gasteiger partial charge in [0.25, 0.3) is 0 Å². The molecule has 32 heavy (non-hydrogen) atoms. The van der Waals surface area contributed by atoms with Gasteiger partial charge in [-0.05, 0) is 32.4 Å². The van der Waals surface area contributed by atoms with E-state index in [4.69, 9.17) is 9.47 Å². The summed E-state index contributed by atoms with van der Waals surface area (Å²) in [7, 11) is 4.70. The van der Waals surface area contributed by atoms with Crippen LogP contribution in [0.5, 0.6) is 0 Å². The van der Waals surface area contributed by atoms with Crippen LogP contribution in [-0.4, -0.2) is 69.2 Å². The van der Waals surface area contributed by atoms with Gasteiger partial charge in [-0.2, -0.15) is 0 Å². The molecule has 172 valence electrons. The second kappa shape index (κ2) is 10.7. The first-order valence-electron chi connectivity index (χ1n) is 11.0. The minimum Gasteiger partial charge on any atom is -0.489 e. The van der Waals surface area contributed by atoms with Crippen molar-refractivity contribution < 1.29 is 23.9 Å². The van der Waals surface area contributed by atoms with Crippen LogP contribution in [0.1, 0.15) is 37.7 Å². The number of carbonyl (C=O) groups excluding carboxylic acids is 3. The Hall–Kier alpha value is -2.77. The van der Waals surface area contributed by atoms with Crippen molar-refractivity contribution in [2.45, 2.75) is 38.1 Å². The van der Waals surface area contributed by atoms with E-state index >= 15 is 0 Å². The molecule has 0 aromatic heterocycles. The van der Waals surface area contributed by atoms with Gasteiger partial charge in [0.2, 0.25) is 23.1 Å². The average molecular weight is 441 g/mol. The van der Waals surface area contributed by atoms with Gasteiger partial charge in [-0.25, -0.2) is 0 Å². The SMILES string of the molecule is COC1=C(OC)C(=O)C(C(CCCC(=O)C2CNCCN2C)c2ccccc2)=C(C)C1=O. The van der Waals surface area contributed by atoms with Crippen LogP contribution in [0.3, 0.4) is 0 Å². The molecule has 0 amide bonds. The Bertz CT molecular complexity index is 935. The summed E-state index contributed by atoms with van der Waals surface area (Å²) in [6.45, 7) is 4.06. The highest BCUT2D eigenvalue weighted by molar-refractivity contribution is 6.24. The number of nitrogens with zero attached hydrogens (tertiary/aromatic N) is 1. The van der Waals surface area contributed by atoms with Gasteiger partial charge in [0.15, 0.2) is 5.78 Å². The van der Waals surface area contributed by atoms with Gasteiger partial charge in [0.05, 0.1) is 20.3 Å². The van der Waals surface area contributed by atoms with Crippen molar-refractivity contribution in [2.75, 3.05) is 40.9 Å². The van der Waals surface area contributed by atoms with Crippen molar-refractivity contribution in [3.05, 3.63) is 58.6 Å². The number of hydrogen-bond acceptors (Lipinski definition) is 7. The van der Waals surface area contributed by atoms with Crippen LogP contribution < -0.4 is 5.32 Å². The highest BCUT2D eigenvalue weighted by Crippen LogP contribution is 2.38. The Balaban J connectivity index is 1.84. The van der Waals surface area contributed by atoms with E-state index in [2.05, 4.69) is 10.2 Å². The molecule has 2 unspecified atom stereocenters. The van der Waals surface area contributed by atoms with Gasteiger partial charge in [0, 0.05) is 43.1 Å². The van der Waals surface area contributed by atoms with Crippen molar-refractivity contribution in [3.8, 4) is 0 Å². The number of hydrogen-bond donors (Lipinski definition) is 1. The van der Waals surface area contributed by atoms with E-state index in [-0.39, 0.29) is 40.8 Å². The second-order valence-electron chi connectivity index (χ2n) is 8.29. The number of allylic oxidation sites excluding steroid dienone is 2. The summed E-state index contributed by atoms with van der Waals surface area (Å²) in [5, 5.41) is 3.28. The third-order valence-corrected chi connectivity index (χ3v) is 6.37. The molecule has 2 aliphatic rings. The molecule has 0 spiro atoms. The number of methoxy groups -OCH3 is 2. The molecule has 2 atom stereocenters. The number of rotatable bonds is 9. The molecule has 1 fully saturated rings. The lowest BCUT2D eigenvalue weighted by atomic mass is 9.78. The Labute approximate surface area is 189 Å². The molecule has 1 saturated heterocycles. The zero-order valence-corrected chi connectivity index (χ0v) is 19.3. The van der Waals surface area contributed by atoms with Crippen LogP contribution in [0.15, 0.2) is 53.0 Å². The minimum atomic E-state index is -0.342. The first-order valence-corrected chi connectivity index (χ1v) is 11.0. The summed E-state index contributed by atoms with van der Waals surface area (Å²) in [6.07, 6.45) is 1.61. The van der Waals surface area contributed by atoms with Gasteiger partial charge in [-0.15, -0.1) is 0 Å². The monoisotopic (exact) mass is 440 g/mol. The third-order valence-electron chi connectivity index (χ3n) is 6.37. The number of ketones is 3. The quantitative estimate of drug-likeness (QED) is 0.590. The smallest absolute Gasteiger partial charge is 0.228 e. The van der Waals surface area contributed by atoms with E-state index in [0.29, 0.717) is 37.0 Å². The lowest BCUT2D eigenvalue weighted by Crippen LogP contribution is -2.53. The molecular formula is C25H32N2O5. The first-order chi connectivity index (χ1) is 15.4. The summed E-state index contributed by atoms with van der Waals surface area (Å²) in [5.74, 6) is -0.920. The summed E-state index contributed by atoms with van der Waals surface area (Å²) >= 11 is 0. The first kappa shape index (κ1) is 23.9. The molecule has 7 heteroatoms. The molecule has 1 N–H and O–H groups in total. The van der Waals surface area contributed by atoms with E-state index in [9.17, 15) is 14.4 Å². The van der Waals surface area contributed by atoms with Crippen molar-refractivity contribution in [3.63, 3.8) is 0 Å². The van der Waals surface area contributed by atoms with E-state index in [1.54, 1.807) is 6.92 Å². The maximum atomic E-state index is 13.3. The zero-order chi connectivity index (χ0) is 23.3. The predicted molar refractivity (Wildman–Crippen MR) is 121 cm³/mol. The fraction of sp³-hybridized carbons (Fsp3) is 0.480. The molecule has 7 nitrogen and oxygen atoms in total. The maximum Gasteiger partial charge on any atom is 0.228 e. The number of Topliss-reactive ketones (excluding diaryl/α,β-unsaturated/α-hetero) is 3. The maximum absolute atomic E-state index is 13.3. The number of benzene rings is 1. The van der Waals surface area contributed by atoms with Crippen molar-refractivity contribution in [2.24, 2.45) is 0 Å². The fourth-order valence-electron chi connectivity index (χ4n) is 4.56. The molecule has 1 aromatic rings. The minimum absolute atomic E-state index is 0.0615. The highest BCUT2D eigenvalue weighted by Gasteiger charge is 2.38. The number of nitrogens with one attached hydrogen (secondary N) is 1. The van der Waals surface area contributed by atoms with Crippen LogP contribution in [0.25, 0.3) is 0 Å². The number of likely N-dealkylation sites (N-methyl/N-ethyl adjacent to an activating group) is 1. The Kier molecular flexibility index (Phi) is 7.99. The summed E-state index contributed by atoms with van der Waals surface area (Å²) in [4.78, 5) is 41.1. The Morgan fingerprint density at radius 3 is 2.41 bits per heavy atom. The third kappa shape index (κ3) is 4.84. The standard InChI is InChI=1S/C25H32N2O5/c1-16-21(23(30)25(32-4)24(31-3)22(16)29)18(17-9-6-5-7-10-17)11-8-12-20(28)19-15-26-13-14-27(19)2/h5-7,9-10,18-19,26H,8,11-15H2,1-4H3. The topological polar surface area (TPSA) is 84.9 Å². The van der Waals surface area contributed by atoms with E-state index in [0.717, 1.165) is 18.7 Å². The molecule has 1 aliphatic heterocycles. The largest absolute Gasteiger partial charge is 0.489 e. The Morgan fingerprint density at radius 1 is 1.12 bits per heavy atom. The van der Waals surface area contributed by atoms with Crippen molar-refractivity contribution >= 4 is 17.3 Å². The lowest BCUT2D eigenvalue weighted by molar-refractivity contribution is -0.124. The van der Waals surface area contributed by atoms with Crippen LogP contribution >= 0.6 is 0 Å². The van der Waals surface area contributed by atoms with Crippen LogP contribution in [-0.2, 0) is 23.9 Å². The predicted octanol–water partition coefficient (Wildman–Crippen LogP) is 2.39. The van der Waals surface area contributed by atoms with Gasteiger partial charge >= 0.3 is 0 Å². The summed E-state index contributed by atoms with van der Waals surface area (Å²) in [5.41, 5.74) is 1.72. The average Bonchev–Trinajstić information content (AvgIpc) is 2.81. The molecule has 0 saturated carbocycles. The lowest BCUT2D eigenvalue weighted by Gasteiger charge is -2.32. The Morgan fingerprint density at radius 2 is 1.78 bits per heavy atom. The van der Waals surface area contributed by atoms with Gasteiger partial charge < -0.3 is 14.8 Å². The van der Waals surface area contributed by atoms with Gasteiger partial charge in [-0.1, -0.05) is 30.3 Å². The van der Waals surface area contributed by atoms with Crippen LogP contribution in [0.4, 0.5) is 0 Å². The van der Waals surface area contributed by atoms with E-state index in [1.807, 2.05) is 37.4 Å². The molecule has 1 aliphatic carbocycles. The fourth-order valence-corrected chi connectivity index (χ4v) is 4.56. The molecular weight excluding hydrogens is 408 g/mol. The number of carbonyl (C=O) groups is 3. The highest BCUT2D eigenvalue weighted by atomic mass is 16.5. The van der Waals surface area contributed by atoms with E-state index in [1.165, 1.54) is 14.2 Å².